The number of nitrogens with zero attached hydrogens (tertiary/aromatic N) is 2. The Balaban J connectivity index is 0.00000162. The third kappa shape index (κ3) is 3.67. The highest BCUT2D eigenvalue weighted by atomic mass is 35.5. The standard InChI is InChI=1S/C12H21N3O2.ClH/c1-9(2)8-16-7-4-10-14-11(15-17-10)12(13)5-3-6-12;/h9H,3-8,13H2,1-2H3;1H. The van der Waals surface area contributed by atoms with Crippen molar-refractivity contribution in [3.05, 3.63) is 11.7 Å². The van der Waals surface area contributed by atoms with E-state index in [1.165, 1.54) is 0 Å². The lowest BCUT2D eigenvalue weighted by Gasteiger charge is -2.34. The van der Waals surface area contributed by atoms with Gasteiger partial charge in [-0.05, 0) is 25.2 Å². The molecule has 1 fully saturated rings. The van der Waals surface area contributed by atoms with Gasteiger partial charge >= 0.3 is 0 Å². The van der Waals surface area contributed by atoms with Crippen LogP contribution in [0, 0.1) is 5.92 Å². The van der Waals surface area contributed by atoms with Crippen molar-refractivity contribution in [1.29, 1.82) is 0 Å². The predicted octanol–water partition coefficient (Wildman–Crippen LogP) is 2.04. The number of hydrogen-bond acceptors (Lipinski definition) is 5. The molecule has 18 heavy (non-hydrogen) atoms. The van der Waals surface area contributed by atoms with Crippen molar-refractivity contribution in [3.63, 3.8) is 0 Å². The van der Waals surface area contributed by atoms with Crippen molar-refractivity contribution in [3.8, 4) is 0 Å². The van der Waals surface area contributed by atoms with Crippen LogP contribution in [-0.2, 0) is 16.7 Å². The summed E-state index contributed by atoms with van der Waals surface area (Å²) in [6.45, 7) is 5.64. The Kier molecular flexibility index (Phi) is 5.56. The summed E-state index contributed by atoms with van der Waals surface area (Å²) in [7, 11) is 0. The van der Waals surface area contributed by atoms with Crippen molar-refractivity contribution >= 4 is 12.4 Å². The molecule has 2 rings (SSSR count). The molecule has 0 saturated heterocycles. The average molecular weight is 276 g/mol. The van der Waals surface area contributed by atoms with Gasteiger partial charge in [-0.3, -0.25) is 0 Å². The lowest BCUT2D eigenvalue weighted by molar-refractivity contribution is 0.108. The van der Waals surface area contributed by atoms with Gasteiger partial charge in [0.25, 0.3) is 0 Å². The predicted molar refractivity (Wildman–Crippen MR) is 70.6 cm³/mol. The summed E-state index contributed by atoms with van der Waals surface area (Å²) in [5.74, 6) is 1.83. The molecule has 2 N–H and O–H groups in total. The number of aromatic nitrogens is 2. The van der Waals surface area contributed by atoms with Crippen LogP contribution in [0.15, 0.2) is 4.52 Å². The van der Waals surface area contributed by atoms with E-state index in [4.69, 9.17) is 15.0 Å². The summed E-state index contributed by atoms with van der Waals surface area (Å²) in [6.07, 6.45) is 3.72. The molecule has 0 aromatic carbocycles. The van der Waals surface area contributed by atoms with Gasteiger partial charge in [0.05, 0.1) is 18.6 Å². The normalized spacial score (nSPS) is 17.3. The van der Waals surface area contributed by atoms with E-state index in [1.54, 1.807) is 0 Å². The van der Waals surface area contributed by atoms with E-state index >= 15 is 0 Å². The molecule has 104 valence electrons. The Bertz CT molecular complexity index is 364. The Morgan fingerprint density at radius 2 is 2.17 bits per heavy atom. The van der Waals surface area contributed by atoms with Crippen molar-refractivity contribution < 1.29 is 9.26 Å². The minimum absolute atomic E-state index is 0. The van der Waals surface area contributed by atoms with Crippen LogP contribution in [0.3, 0.4) is 0 Å². The second-order valence-corrected chi connectivity index (χ2v) is 5.24. The van der Waals surface area contributed by atoms with Crippen LogP contribution in [-0.4, -0.2) is 23.4 Å². The van der Waals surface area contributed by atoms with Gasteiger partial charge in [-0.25, -0.2) is 0 Å². The van der Waals surface area contributed by atoms with Gasteiger partial charge in [0, 0.05) is 6.61 Å². The molecule has 1 aromatic rings. The van der Waals surface area contributed by atoms with E-state index in [1.807, 2.05) is 0 Å². The number of halogens is 1. The molecule has 1 saturated carbocycles. The zero-order chi connectivity index (χ0) is 12.3. The Morgan fingerprint density at radius 1 is 1.44 bits per heavy atom. The van der Waals surface area contributed by atoms with Gasteiger partial charge < -0.3 is 15.0 Å². The minimum Gasteiger partial charge on any atom is -0.381 e. The molecule has 0 unspecified atom stereocenters. The summed E-state index contributed by atoms with van der Waals surface area (Å²) >= 11 is 0. The molecule has 1 aliphatic rings. The number of hydrogen-bond donors (Lipinski definition) is 1. The van der Waals surface area contributed by atoms with Crippen molar-refractivity contribution in [2.75, 3.05) is 13.2 Å². The van der Waals surface area contributed by atoms with Crippen molar-refractivity contribution in [1.82, 2.24) is 10.1 Å². The molecular formula is C12H22ClN3O2. The molecule has 0 amide bonds. The SMILES string of the molecule is CC(C)COCCc1nc(C2(N)CCC2)no1.Cl. The van der Waals surface area contributed by atoms with Gasteiger partial charge in [-0.1, -0.05) is 19.0 Å². The van der Waals surface area contributed by atoms with E-state index in [9.17, 15) is 0 Å². The summed E-state index contributed by atoms with van der Waals surface area (Å²) in [6, 6.07) is 0. The highest BCUT2D eigenvalue weighted by Gasteiger charge is 2.38. The fourth-order valence-electron chi connectivity index (χ4n) is 1.82. The summed E-state index contributed by atoms with van der Waals surface area (Å²) in [5.41, 5.74) is 5.78. The van der Waals surface area contributed by atoms with Gasteiger partial charge in [0.2, 0.25) is 5.89 Å². The maximum Gasteiger partial charge on any atom is 0.229 e. The third-order valence-corrected chi connectivity index (χ3v) is 3.07. The van der Waals surface area contributed by atoms with Crippen LogP contribution >= 0.6 is 12.4 Å². The van der Waals surface area contributed by atoms with Crippen molar-refractivity contribution in [2.45, 2.75) is 45.1 Å². The molecule has 1 aliphatic carbocycles. The van der Waals surface area contributed by atoms with Gasteiger partial charge in [0.15, 0.2) is 5.82 Å². The van der Waals surface area contributed by atoms with Gasteiger partial charge in [-0.2, -0.15) is 4.98 Å². The fraction of sp³-hybridized carbons (Fsp3) is 0.833. The fourth-order valence-corrected chi connectivity index (χ4v) is 1.82. The Morgan fingerprint density at radius 3 is 2.72 bits per heavy atom. The molecule has 0 aliphatic heterocycles. The zero-order valence-electron chi connectivity index (χ0n) is 11.0. The Hall–Kier alpha value is -0.650. The van der Waals surface area contributed by atoms with E-state index in [0.717, 1.165) is 25.9 Å². The second-order valence-electron chi connectivity index (χ2n) is 5.24. The first-order chi connectivity index (χ1) is 8.10. The average Bonchev–Trinajstić information content (AvgIpc) is 2.70. The maximum atomic E-state index is 6.12. The lowest BCUT2D eigenvalue weighted by Crippen LogP contribution is -2.44. The molecule has 6 heteroatoms. The molecule has 5 nitrogen and oxygen atoms in total. The zero-order valence-corrected chi connectivity index (χ0v) is 11.8. The maximum absolute atomic E-state index is 6.12. The summed E-state index contributed by atoms with van der Waals surface area (Å²) < 4.78 is 10.6. The highest BCUT2D eigenvalue weighted by Crippen LogP contribution is 2.36. The van der Waals surface area contributed by atoms with Crippen LogP contribution < -0.4 is 5.73 Å². The number of rotatable bonds is 6. The van der Waals surface area contributed by atoms with Crippen LogP contribution in [0.2, 0.25) is 0 Å². The molecule has 1 heterocycles. The summed E-state index contributed by atoms with van der Waals surface area (Å²) in [4.78, 5) is 4.34. The molecule has 0 atom stereocenters. The largest absolute Gasteiger partial charge is 0.381 e. The van der Waals surface area contributed by atoms with E-state index in [2.05, 4.69) is 24.0 Å². The first-order valence-electron chi connectivity index (χ1n) is 6.30. The molecule has 0 bridgehead atoms. The second kappa shape index (κ2) is 6.50. The van der Waals surface area contributed by atoms with Crippen molar-refractivity contribution in [2.24, 2.45) is 11.7 Å². The first-order valence-corrected chi connectivity index (χ1v) is 6.30. The smallest absolute Gasteiger partial charge is 0.229 e. The number of ether oxygens (including phenoxy) is 1. The van der Waals surface area contributed by atoms with Crippen LogP contribution in [0.4, 0.5) is 0 Å². The van der Waals surface area contributed by atoms with E-state index in [-0.39, 0.29) is 17.9 Å². The number of nitrogens with two attached hydrogens (primary N) is 1. The quantitative estimate of drug-likeness (QED) is 0.804. The van der Waals surface area contributed by atoms with Gasteiger partial charge in [0.1, 0.15) is 0 Å². The van der Waals surface area contributed by atoms with Crippen LogP contribution in [0.25, 0.3) is 0 Å². The summed E-state index contributed by atoms with van der Waals surface area (Å²) in [5, 5.41) is 3.96. The van der Waals surface area contributed by atoms with Gasteiger partial charge in [-0.15, -0.1) is 12.4 Å². The Labute approximate surface area is 114 Å². The van der Waals surface area contributed by atoms with Crippen LogP contribution in [0.1, 0.15) is 44.8 Å². The molecule has 0 radical (unpaired) electrons. The highest BCUT2D eigenvalue weighted by molar-refractivity contribution is 5.85. The third-order valence-electron chi connectivity index (χ3n) is 3.07. The lowest BCUT2D eigenvalue weighted by atomic mass is 9.77. The minimum atomic E-state index is -0.333. The molecular weight excluding hydrogens is 254 g/mol. The first kappa shape index (κ1) is 15.4. The molecule has 0 spiro atoms. The van der Waals surface area contributed by atoms with E-state index < -0.39 is 0 Å². The van der Waals surface area contributed by atoms with E-state index in [0.29, 0.717) is 30.7 Å². The topological polar surface area (TPSA) is 74.2 Å². The molecule has 1 aromatic heterocycles. The van der Waals surface area contributed by atoms with Crippen LogP contribution in [0.5, 0.6) is 0 Å². The monoisotopic (exact) mass is 275 g/mol.